The first-order valence-electron chi connectivity index (χ1n) is 8.61. The summed E-state index contributed by atoms with van der Waals surface area (Å²) in [4.78, 5) is 12.5. The Bertz CT molecular complexity index is 1110. The highest BCUT2D eigenvalue weighted by atomic mass is 79.9. The van der Waals surface area contributed by atoms with Crippen LogP contribution in [0.3, 0.4) is 0 Å². The third-order valence-electron chi connectivity index (χ3n) is 4.20. The van der Waals surface area contributed by atoms with Gasteiger partial charge in [-0.2, -0.15) is 0 Å². The van der Waals surface area contributed by atoms with Crippen LogP contribution in [0.5, 0.6) is 11.5 Å². The lowest BCUT2D eigenvalue weighted by Crippen LogP contribution is -2.17. The lowest BCUT2D eigenvalue weighted by Gasteiger charge is -2.13. The summed E-state index contributed by atoms with van der Waals surface area (Å²) < 4.78 is 66.3. The van der Waals surface area contributed by atoms with Gasteiger partial charge in [-0.15, -0.1) is 0 Å². The zero-order valence-electron chi connectivity index (χ0n) is 15.7. The largest absolute Gasteiger partial charge is 0.496 e. The van der Waals surface area contributed by atoms with E-state index < -0.39 is 39.3 Å². The van der Waals surface area contributed by atoms with Gasteiger partial charge in [0.05, 0.1) is 11.6 Å². The van der Waals surface area contributed by atoms with Crippen LogP contribution in [0.4, 0.5) is 23.2 Å². The number of hydrogen-bond donors (Lipinski definition) is 1. The molecular formula is C21H13Br2F4NO3. The van der Waals surface area contributed by atoms with Crippen molar-refractivity contribution in [2.75, 3.05) is 12.4 Å². The molecule has 31 heavy (non-hydrogen) atoms. The fourth-order valence-electron chi connectivity index (χ4n) is 2.62. The summed E-state index contributed by atoms with van der Waals surface area (Å²) in [5, 5.41) is 1.87. The van der Waals surface area contributed by atoms with Gasteiger partial charge in [-0.3, -0.25) is 4.79 Å². The molecule has 0 aliphatic heterocycles. The van der Waals surface area contributed by atoms with Crippen molar-refractivity contribution in [3.05, 3.63) is 85.8 Å². The van der Waals surface area contributed by atoms with Gasteiger partial charge in [0.1, 0.15) is 23.8 Å². The Hall–Kier alpha value is -2.59. The van der Waals surface area contributed by atoms with E-state index in [0.717, 1.165) is 4.47 Å². The molecule has 3 rings (SSSR count). The molecular weight excluding hydrogens is 550 g/mol. The molecule has 0 spiro atoms. The SMILES string of the molecule is COc1ccc(C(=O)Nc2c(F)c(F)c(Br)c(F)c2F)cc1COc1ccc(Br)cc1. The number of anilines is 1. The quantitative estimate of drug-likeness (QED) is 0.209. The van der Waals surface area contributed by atoms with Crippen molar-refractivity contribution in [2.45, 2.75) is 6.61 Å². The third-order valence-corrected chi connectivity index (χ3v) is 5.42. The summed E-state index contributed by atoms with van der Waals surface area (Å²) in [5.74, 6) is -6.79. The number of nitrogens with one attached hydrogen (secondary N) is 1. The van der Waals surface area contributed by atoms with Gasteiger partial charge < -0.3 is 14.8 Å². The van der Waals surface area contributed by atoms with Gasteiger partial charge in [-0.1, -0.05) is 15.9 Å². The van der Waals surface area contributed by atoms with Crippen LogP contribution in [-0.2, 0) is 6.61 Å². The van der Waals surface area contributed by atoms with Crippen molar-refractivity contribution >= 4 is 43.5 Å². The van der Waals surface area contributed by atoms with Gasteiger partial charge in [0.15, 0.2) is 23.3 Å². The lowest BCUT2D eigenvalue weighted by molar-refractivity contribution is 0.102. The standard InChI is InChI=1S/C21H13Br2F4NO3/c1-30-14-7-2-10(8-11(14)9-31-13-5-3-12(22)4-6-13)21(29)28-20-18(26)16(24)15(23)17(25)19(20)27/h2-8H,9H2,1H3,(H,28,29). The van der Waals surface area contributed by atoms with E-state index in [1.165, 1.54) is 25.3 Å². The molecule has 1 amide bonds. The number of hydrogen-bond acceptors (Lipinski definition) is 3. The molecule has 162 valence electrons. The molecule has 0 atom stereocenters. The highest BCUT2D eigenvalue weighted by Crippen LogP contribution is 2.32. The first-order valence-corrected chi connectivity index (χ1v) is 10.2. The van der Waals surface area contributed by atoms with Crippen LogP contribution in [0.15, 0.2) is 51.4 Å². The fourth-order valence-corrected chi connectivity index (χ4v) is 3.24. The van der Waals surface area contributed by atoms with E-state index in [9.17, 15) is 22.4 Å². The maximum absolute atomic E-state index is 14.0. The Labute approximate surface area is 191 Å². The van der Waals surface area contributed by atoms with Crippen molar-refractivity contribution < 1.29 is 31.8 Å². The molecule has 10 heteroatoms. The molecule has 0 fully saturated rings. The minimum atomic E-state index is -1.73. The average molecular weight is 563 g/mol. The van der Waals surface area contributed by atoms with Gasteiger partial charge in [0, 0.05) is 15.6 Å². The number of amides is 1. The summed E-state index contributed by atoms with van der Waals surface area (Å²) in [6.07, 6.45) is 0. The number of carbonyl (C=O) groups is 1. The predicted molar refractivity (Wildman–Crippen MR) is 113 cm³/mol. The Kier molecular flexibility index (Phi) is 7.22. The monoisotopic (exact) mass is 561 g/mol. The molecule has 4 nitrogen and oxygen atoms in total. The topological polar surface area (TPSA) is 47.6 Å². The normalized spacial score (nSPS) is 10.7. The van der Waals surface area contributed by atoms with Crippen molar-refractivity contribution in [1.29, 1.82) is 0 Å². The van der Waals surface area contributed by atoms with E-state index in [4.69, 9.17) is 9.47 Å². The molecule has 0 saturated carbocycles. The predicted octanol–water partition coefficient (Wildman–Crippen LogP) is 6.61. The van der Waals surface area contributed by atoms with Crippen molar-refractivity contribution in [3.8, 4) is 11.5 Å². The second-order valence-corrected chi connectivity index (χ2v) is 7.88. The average Bonchev–Trinajstić information content (AvgIpc) is 2.78. The zero-order valence-corrected chi connectivity index (χ0v) is 18.9. The van der Waals surface area contributed by atoms with Crippen molar-refractivity contribution in [1.82, 2.24) is 0 Å². The van der Waals surface area contributed by atoms with E-state index in [2.05, 4.69) is 31.9 Å². The summed E-state index contributed by atoms with van der Waals surface area (Å²) >= 11 is 5.74. The molecule has 0 radical (unpaired) electrons. The van der Waals surface area contributed by atoms with Crippen LogP contribution in [0.1, 0.15) is 15.9 Å². The first kappa shape index (κ1) is 23.1. The van der Waals surface area contributed by atoms with E-state index in [1.807, 2.05) is 5.32 Å². The molecule has 0 heterocycles. The number of ether oxygens (including phenoxy) is 2. The van der Waals surface area contributed by atoms with Gasteiger partial charge in [0.25, 0.3) is 5.91 Å². The molecule has 0 saturated heterocycles. The van der Waals surface area contributed by atoms with E-state index in [0.29, 0.717) is 17.1 Å². The van der Waals surface area contributed by atoms with E-state index in [1.54, 1.807) is 24.3 Å². The minimum Gasteiger partial charge on any atom is -0.496 e. The van der Waals surface area contributed by atoms with E-state index >= 15 is 0 Å². The summed E-state index contributed by atoms with van der Waals surface area (Å²) in [6, 6.07) is 11.2. The minimum absolute atomic E-state index is 0.0240. The second-order valence-electron chi connectivity index (χ2n) is 6.17. The molecule has 0 aromatic heterocycles. The van der Waals surface area contributed by atoms with Crippen LogP contribution in [0.2, 0.25) is 0 Å². The number of rotatable bonds is 6. The van der Waals surface area contributed by atoms with E-state index in [-0.39, 0.29) is 12.2 Å². The number of halogens is 6. The van der Waals surface area contributed by atoms with Crippen LogP contribution in [0, 0.1) is 23.3 Å². The summed E-state index contributed by atoms with van der Waals surface area (Å²) in [6.45, 7) is 0.0240. The molecule has 0 aliphatic carbocycles. The van der Waals surface area contributed by atoms with Crippen molar-refractivity contribution in [2.24, 2.45) is 0 Å². The zero-order chi connectivity index (χ0) is 22.7. The van der Waals surface area contributed by atoms with Gasteiger partial charge in [0.2, 0.25) is 0 Å². The van der Waals surface area contributed by atoms with Gasteiger partial charge in [-0.05, 0) is 58.4 Å². The third kappa shape index (κ3) is 5.01. The van der Waals surface area contributed by atoms with Crippen LogP contribution >= 0.6 is 31.9 Å². The summed E-state index contributed by atoms with van der Waals surface area (Å²) in [7, 11) is 1.43. The highest BCUT2D eigenvalue weighted by Gasteiger charge is 2.26. The number of methoxy groups -OCH3 is 1. The number of carbonyl (C=O) groups excluding carboxylic acids is 1. The van der Waals surface area contributed by atoms with Crippen molar-refractivity contribution in [3.63, 3.8) is 0 Å². The smallest absolute Gasteiger partial charge is 0.255 e. The fraction of sp³-hybridized carbons (Fsp3) is 0.0952. The van der Waals surface area contributed by atoms with Crippen LogP contribution in [-0.4, -0.2) is 13.0 Å². The molecule has 0 unspecified atom stereocenters. The van der Waals surface area contributed by atoms with Gasteiger partial charge in [-0.25, -0.2) is 17.6 Å². The van der Waals surface area contributed by atoms with Crippen LogP contribution in [0.25, 0.3) is 0 Å². The Morgan fingerprint density at radius 2 is 1.55 bits per heavy atom. The van der Waals surface area contributed by atoms with Crippen LogP contribution < -0.4 is 14.8 Å². The maximum atomic E-state index is 14.0. The maximum Gasteiger partial charge on any atom is 0.255 e. The molecule has 0 bridgehead atoms. The molecule has 3 aromatic carbocycles. The Balaban J connectivity index is 1.85. The Morgan fingerprint density at radius 3 is 2.13 bits per heavy atom. The first-order chi connectivity index (χ1) is 14.7. The molecule has 0 aliphatic rings. The Morgan fingerprint density at radius 1 is 0.935 bits per heavy atom. The second kappa shape index (κ2) is 9.69. The molecule has 3 aromatic rings. The lowest BCUT2D eigenvalue weighted by atomic mass is 10.1. The number of benzene rings is 3. The molecule has 1 N–H and O–H groups in total. The van der Waals surface area contributed by atoms with Gasteiger partial charge >= 0.3 is 0 Å². The highest BCUT2D eigenvalue weighted by molar-refractivity contribution is 9.10. The summed E-state index contributed by atoms with van der Waals surface area (Å²) in [5.41, 5.74) is -0.795.